The van der Waals surface area contributed by atoms with E-state index in [0.29, 0.717) is 19.7 Å². The SMILES string of the molecule is COc1ccc2c(c1)CC(NC(=O)N1CCN(Cc3ccc4c(c3)OCO4)CC1)CO2. The van der Waals surface area contributed by atoms with Gasteiger partial charge in [0.15, 0.2) is 11.5 Å². The Labute approximate surface area is 181 Å². The maximum absolute atomic E-state index is 12.8. The summed E-state index contributed by atoms with van der Waals surface area (Å²) in [4.78, 5) is 17.0. The lowest BCUT2D eigenvalue weighted by Gasteiger charge is -2.36. The van der Waals surface area contributed by atoms with Crippen molar-refractivity contribution in [1.82, 2.24) is 15.1 Å². The van der Waals surface area contributed by atoms with Gasteiger partial charge in [0, 0.05) is 32.7 Å². The Hall–Kier alpha value is -3.13. The standard InChI is InChI=1S/C23H27N3O5/c1-28-19-3-5-20-17(12-19)11-18(14-29-20)24-23(27)26-8-6-25(7-9-26)13-16-2-4-21-22(10-16)31-15-30-21/h2-5,10,12,18H,6-9,11,13-15H2,1H3,(H,24,27). The lowest BCUT2D eigenvalue weighted by atomic mass is 10.0. The molecule has 0 saturated carbocycles. The van der Waals surface area contributed by atoms with Crippen LogP contribution in [0.25, 0.3) is 0 Å². The van der Waals surface area contributed by atoms with Crippen LogP contribution in [-0.4, -0.2) is 68.6 Å². The highest BCUT2D eigenvalue weighted by Gasteiger charge is 2.26. The second kappa shape index (κ2) is 8.55. The molecule has 0 aliphatic carbocycles. The molecule has 1 unspecified atom stereocenters. The minimum Gasteiger partial charge on any atom is -0.497 e. The number of amides is 2. The molecule has 1 atom stereocenters. The van der Waals surface area contributed by atoms with E-state index in [1.165, 1.54) is 5.56 Å². The third-order valence-corrected chi connectivity index (χ3v) is 6.00. The molecular formula is C23H27N3O5. The number of piperazine rings is 1. The second-order valence-corrected chi connectivity index (χ2v) is 8.09. The zero-order chi connectivity index (χ0) is 21.2. The summed E-state index contributed by atoms with van der Waals surface area (Å²) in [5.74, 6) is 3.28. The molecule has 0 bridgehead atoms. The van der Waals surface area contributed by atoms with Crippen LogP contribution < -0.4 is 24.3 Å². The zero-order valence-electron chi connectivity index (χ0n) is 17.6. The first-order valence-corrected chi connectivity index (χ1v) is 10.6. The number of fused-ring (bicyclic) bond motifs is 2. The Kier molecular flexibility index (Phi) is 5.46. The van der Waals surface area contributed by atoms with Crippen molar-refractivity contribution in [1.29, 1.82) is 0 Å². The maximum Gasteiger partial charge on any atom is 0.317 e. The predicted octanol–water partition coefficient (Wildman–Crippen LogP) is 2.25. The highest BCUT2D eigenvalue weighted by atomic mass is 16.7. The molecule has 1 N–H and O–H groups in total. The Bertz CT molecular complexity index is 958. The second-order valence-electron chi connectivity index (χ2n) is 8.09. The number of carbonyl (C=O) groups is 1. The minimum atomic E-state index is -0.0428. The molecule has 8 heteroatoms. The summed E-state index contributed by atoms with van der Waals surface area (Å²) >= 11 is 0. The van der Waals surface area contributed by atoms with Gasteiger partial charge < -0.3 is 29.2 Å². The van der Waals surface area contributed by atoms with Gasteiger partial charge in [-0.1, -0.05) is 6.07 Å². The van der Waals surface area contributed by atoms with Crippen molar-refractivity contribution in [3.63, 3.8) is 0 Å². The van der Waals surface area contributed by atoms with Crippen LogP contribution in [0.15, 0.2) is 36.4 Å². The van der Waals surface area contributed by atoms with Crippen molar-refractivity contribution in [2.24, 2.45) is 0 Å². The fourth-order valence-corrected chi connectivity index (χ4v) is 4.26. The molecule has 0 spiro atoms. The van der Waals surface area contributed by atoms with Gasteiger partial charge in [0.25, 0.3) is 0 Å². The van der Waals surface area contributed by atoms with Crippen LogP contribution in [0.4, 0.5) is 4.79 Å². The van der Waals surface area contributed by atoms with E-state index < -0.39 is 0 Å². The molecule has 0 radical (unpaired) electrons. The molecule has 1 saturated heterocycles. The first-order valence-electron chi connectivity index (χ1n) is 10.6. The van der Waals surface area contributed by atoms with E-state index in [-0.39, 0.29) is 18.9 Å². The van der Waals surface area contributed by atoms with Gasteiger partial charge in [-0.05, 0) is 47.9 Å². The van der Waals surface area contributed by atoms with Gasteiger partial charge in [-0.25, -0.2) is 4.79 Å². The number of ether oxygens (including phenoxy) is 4. The summed E-state index contributed by atoms with van der Waals surface area (Å²) in [6.45, 7) is 4.68. The fourth-order valence-electron chi connectivity index (χ4n) is 4.26. The van der Waals surface area contributed by atoms with Gasteiger partial charge in [-0.2, -0.15) is 0 Å². The van der Waals surface area contributed by atoms with E-state index in [2.05, 4.69) is 16.3 Å². The van der Waals surface area contributed by atoms with Crippen LogP contribution in [0.2, 0.25) is 0 Å². The van der Waals surface area contributed by atoms with E-state index in [1.54, 1.807) is 7.11 Å². The lowest BCUT2D eigenvalue weighted by Crippen LogP contribution is -2.54. The van der Waals surface area contributed by atoms with Crippen molar-refractivity contribution in [2.75, 3.05) is 46.7 Å². The highest BCUT2D eigenvalue weighted by molar-refractivity contribution is 5.74. The van der Waals surface area contributed by atoms with E-state index in [9.17, 15) is 4.79 Å². The Morgan fingerprint density at radius 3 is 2.68 bits per heavy atom. The average molecular weight is 425 g/mol. The summed E-state index contributed by atoms with van der Waals surface area (Å²) in [7, 11) is 1.65. The molecule has 31 heavy (non-hydrogen) atoms. The number of nitrogens with one attached hydrogen (secondary N) is 1. The van der Waals surface area contributed by atoms with Crippen molar-refractivity contribution >= 4 is 6.03 Å². The van der Waals surface area contributed by atoms with Crippen LogP contribution in [0.1, 0.15) is 11.1 Å². The zero-order valence-corrected chi connectivity index (χ0v) is 17.6. The van der Waals surface area contributed by atoms with Crippen LogP contribution >= 0.6 is 0 Å². The molecule has 3 heterocycles. The number of rotatable bonds is 4. The first kappa shape index (κ1) is 19.8. The molecule has 2 aromatic rings. The predicted molar refractivity (Wildman–Crippen MR) is 114 cm³/mol. The quantitative estimate of drug-likeness (QED) is 0.810. The maximum atomic E-state index is 12.8. The Balaban J connectivity index is 1.11. The van der Waals surface area contributed by atoms with Gasteiger partial charge in [0.1, 0.15) is 18.1 Å². The lowest BCUT2D eigenvalue weighted by molar-refractivity contribution is 0.129. The first-order chi connectivity index (χ1) is 15.2. The van der Waals surface area contributed by atoms with Gasteiger partial charge in [0.2, 0.25) is 6.79 Å². The molecule has 5 rings (SSSR count). The average Bonchev–Trinajstić information content (AvgIpc) is 3.27. The van der Waals surface area contributed by atoms with E-state index in [0.717, 1.165) is 54.6 Å². The number of benzene rings is 2. The Morgan fingerprint density at radius 2 is 1.84 bits per heavy atom. The van der Waals surface area contributed by atoms with E-state index >= 15 is 0 Å². The molecule has 2 amide bonds. The molecule has 3 aliphatic rings. The molecule has 0 aromatic heterocycles. The van der Waals surface area contributed by atoms with Gasteiger partial charge in [0.05, 0.1) is 13.2 Å². The van der Waals surface area contributed by atoms with Crippen molar-refractivity contribution in [2.45, 2.75) is 19.0 Å². The van der Waals surface area contributed by atoms with Gasteiger partial charge in [-0.3, -0.25) is 4.90 Å². The van der Waals surface area contributed by atoms with Crippen LogP contribution in [0, 0.1) is 0 Å². The number of methoxy groups -OCH3 is 1. The molecule has 1 fully saturated rings. The van der Waals surface area contributed by atoms with Gasteiger partial charge >= 0.3 is 6.03 Å². The summed E-state index contributed by atoms with van der Waals surface area (Å²) in [6.07, 6.45) is 0.738. The van der Waals surface area contributed by atoms with Crippen molar-refractivity contribution < 1.29 is 23.7 Å². The van der Waals surface area contributed by atoms with Crippen LogP contribution in [-0.2, 0) is 13.0 Å². The van der Waals surface area contributed by atoms with E-state index in [1.807, 2.05) is 35.2 Å². The monoisotopic (exact) mass is 425 g/mol. The number of hydrogen-bond acceptors (Lipinski definition) is 6. The third-order valence-electron chi connectivity index (χ3n) is 6.00. The topological polar surface area (TPSA) is 72.5 Å². The summed E-state index contributed by atoms with van der Waals surface area (Å²) in [6, 6.07) is 11.8. The summed E-state index contributed by atoms with van der Waals surface area (Å²) < 4.78 is 22.0. The summed E-state index contributed by atoms with van der Waals surface area (Å²) in [5.41, 5.74) is 2.25. The van der Waals surface area contributed by atoms with Crippen LogP contribution in [0.5, 0.6) is 23.0 Å². The molecule has 3 aliphatic heterocycles. The van der Waals surface area contributed by atoms with Crippen molar-refractivity contribution in [3.8, 4) is 23.0 Å². The molecular weight excluding hydrogens is 398 g/mol. The van der Waals surface area contributed by atoms with Crippen molar-refractivity contribution in [3.05, 3.63) is 47.5 Å². The number of carbonyl (C=O) groups excluding carboxylic acids is 1. The highest BCUT2D eigenvalue weighted by Crippen LogP contribution is 2.33. The normalized spacial score (nSPS) is 20.0. The number of hydrogen-bond donors (Lipinski definition) is 1. The van der Waals surface area contributed by atoms with E-state index in [4.69, 9.17) is 18.9 Å². The Morgan fingerprint density at radius 1 is 1.03 bits per heavy atom. The number of nitrogens with zero attached hydrogens (tertiary/aromatic N) is 2. The van der Waals surface area contributed by atoms with Gasteiger partial charge in [-0.15, -0.1) is 0 Å². The molecule has 164 valence electrons. The molecule has 8 nitrogen and oxygen atoms in total. The summed E-state index contributed by atoms with van der Waals surface area (Å²) in [5, 5.41) is 3.13. The third kappa shape index (κ3) is 4.34. The molecule has 2 aromatic carbocycles. The largest absolute Gasteiger partial charge is 0.497 e. The minimum absolute atomic E-state index is 0.0253. The fraction of sp³-hybridized carbons (Fsp3) is 0.435. The smallest absolute Gasteiger partial charge is 0.317 e. The number of urea groups is 1. The van der Waals surface area contributed by atoms with Crippen LogP contribution in [0.3, 0.4) is 0 Å².